The molecule has 0 fully saturated rings. The molecule has 136 valence electrons. The van der Waals surface area contributed by atoms with Gasteiger partial charge in [-0.25, -0.2) is 23.1 Å². The summed E-state index contributed by atoms with van der Waals surface area (Å²) in [6, 6.07) is 6.63. The first-order valence-electron chi connectivity index (χ1n) is 7.77. The van der Waals surface area contributed by atoms with Crippen molar-refractivity contribution in [1.82, 2.24) is 14.7 Å². The number of nitrogens with zero attached hydrogens (tertiary/aromatic N) is 2. The summed E-state index contributed by atoms with van der Waals surface area (Å²) in [6.45, 7) is 6.69. The highest BCUT2D eigenvalue weighted by molar-refractivity contribution is 7.89. The third-order valence-electron chi connectivity index (χ3n) is 3.85. The Morgan fingerprint density at radius 1 is 1.24 bits per heavy atom. The van der Waals surface area contributed by atoms with Crippen molar-refractivity contribution in [1.29, 1.82) is 0 Å². The van der Waals surface area contributed by atoms with Crippen molar-refractivity contribution in [2.75, 3.05) is 6.61 Å². The lowest BCUT2D eigenvalue weighted by Crippen LogP contribution is -2.46. The minimum atomic E-state index is -3.74. The monoisotopic (exact) mass is 383 g/mol. The van der Waals surface area contributed by atoms with E-state index in [2.05, 4.69) is 14.7 Å². The van der Waals surface area contributed by atoms with E-state index in [1.54, 1.807) is 26.0 Å². The van der Waals surface area contributed by atoms with E-state index in [0.29, 0.717) is 6.42 Å². The van der Waals surface area contributed by atoms with Crippen molar-refractivity contribution in [3.05, 3.63) is 52.1 Å². The van der Waals surface area contributed by atoms with Crippen molar-refractivity contribution in [2.24, 2.45) is 0 Å². The van der Waals surface area contributed by atoms with Crippen LogP contribution in [0.3, 0.4) is 0 Å². The van der Waals surface area contributed by atoms with Gasteiger partial charge in [-0.1, -0.05) is 12.1 Å². The third kappa shape index (κ3) is 4.98. The summed E-state index contributed by atoms with van der Waals surface area (Å²) in [7, 11) is -3.74. The molecule has 8 heteroatoms. The average molecular weight is 384 g/mol. The van der Waals surface area contributed by atoms with E-state index in [1.165, 1.54) is 6.07 Å². The van der Waals surface area contributed by atoms with Gasteiger partial charge in [0.05, 0.1) is 22.7 Å². The van der Waals surface area contributed by atoms with E-state index < -0.39 is 15.6 Å². The summed E-state index contributed by atoms with van der Waals surface area (Å²) in [5, 5.41) is 9.46. The van der Waals surface area contributed by atoms with Crippen LogP contribution in [-0.2, 0) is 16.4 Å². The molecule has 0 saturated carbocycles. The number of benzene rings is 1. The molecule has 2 aromatic rings. The zero-order chi connectivity index (χ0) is 18.8. The fourth-order valence-corrected chi connectivity index (χ4v) is 4.00. The van der Waals surface area contributed by atoms with Crippen molar-refractivity contribution in [3.8, 4) is 0 Å². The lowest BCUT2D eigenvalue weighted by molar-refractivity contribution is 0.208. The Morgan fingerprint density at radius 2 is 1.92 bits per heavy atom. The molecule has 0 saturated heterocycles. The molecule has 0 bridgehead atoms. The molecule has 2 N–H and O–H groups in total. The number of rotatable bonds is 6. The van der Waals surface area contributed by atoms with Gasteiger partial charge in [0.1, 0.15) is 0 Å². The third-order valence-corrected chi connectivity index (χ3v) is 5.71. The van der Waals surface area contributed by atoms with Crippen LogP contribution in [0.4, 0.5) is 0 Å². The van der Waals surface area contributed by atoms with Gasteiger partial charge in [0.2, 0.25) is 15.3 Å². The zero-order valence-corrected chi connectivity index (χ0v) is 16.2. The Kier molecular flexibility index (Phi) is 5.83. The summed E-state index contributed by atoms with van der Waals surface area (Å²) in [6.07, 6.45) is 0.446. The summed E-state index contributed by atoms with van der Waals surface area (Å²) in [5.41, 5.74) is 2.34. The first-order valence-corrected chi connectivity index (χ1v) is 9.63. The molecule has 0 aliphatic heterocycles. The van der Waals surface area contributed by atoms with Gasteiger partial charge in [0, 0.05) is 12.1 Å². The summed E-state index contributed by atoms with van der Waals surface area (Å²) in [4.78, 5) is 8.50. The average Bonchev–Trinajstić information content (AvgIpc) is 2.51. The fourth-order valence-electron chi connectivity index (χ4n) is 2.29. The van der Waals surface area contributed by atoms with Crippen LogP contribution < -0.4 is 4.72 Å². The van der Waals surface area contributed by atoms with Gasteiger partial charge >= 0.3 is 0 Å². The molecule has 0 aliphatic carbocycles. The van der Waals surface area contributed by atoms with Crippen molar-refractivity contribution in [2.45, 2.75) is 44.6 Å². The Labute approximate surface area is 153 Å². The molecule has 2 rings (SSSR count). The van der Waals surface area contributed by atoms with Gasteiger partial charge in [0.15, 0.2) is 0 Å². The molecule has 1 heterocycles. The molecule has 0 atom stereocenters. The fraction of sp³-hybridized carbons (Fsp3) is 0.412. The molecule has 0 amide bonds. The van der Waals surface area contributed by atoms with Crippen molar-refractivity contribution >= 4 is 21.6 Å². The lowest BCUT2D eigenvalue weighted by Gasteiger charge is -2.23. The molecular formula is C17H22ClN3O3S. The highest BCUT2D eigenvalue weighted by Gasteiger charge is 2.25. The van der Waals surface area contributed by atoms with E-state index >= 15 is 0 Å². The topological polar surface area (TPSA) is 92.2 Å². The molecule has 0 spiro atoms. The van der Waals surface area contributed by atoms with Gasteiger partial charge in [-0.3, -0.25) is 0 Å². The van der Waals surface area contributed by atoms with Crippen LogP contribution in [0.1, 0.15) is 36.4 Å². The maximum absolute atomic E-state index is 12.5. The molecule has 1 aromatic carbocycles. The van der Waals surface area contributed by atoms with Crippen LogP contribution in [-0.4, -0.2) is 35.6 Å². The molecule has 0 aliphatic rings. The van der Waals surface area contributed by atoms with Crippen molar-refractivity contribution in [3.63, 3.8) is 0 Å². The predicted molar refractivity (Wildman–Crippen MR) is 97.3 cm³/mol. The van der Waals surface area contributed by atoms with Crippen LogP contribution in [0.2, 0.25) is 5.28 Å². The van der Waals surface area contributed by atoms with Crippen LogP contribution in [0.15, 0.2) is 29.2 Å². The van der Waals surface area contributed by atoms with Crippen LogP contribution in [0, 0.1) is 13.8 Å². The van der Waals surface area contributed by atoms with E-state index in [1.807, 2.05) is 19.9 Å². The van der Waals surface area contributed by atoms with Crippen molar-refractivity contribution < 1.29 is 13.5 Å². The quantitative estimate of drug-likeness (QED) is 0.747. The zero-order valence-electron chi connectivity index (χ0n) is 14.7. The minimum Gasteiger partial charge on any atom is -0.394 e. The van der Waals surface area contributed by atoms with Gasteiger partial charge in [-0.15, -0.1) is 0 Å². The second-order valence-corrected chi connectivity index (χ2v) is 8.64. The van der Waals surface area contributed by atoms with E-state index in [4.69, 9.17) is 11.6 Å². The maximum atomic E-state index is 12.5. The van der Waals surface area contributed by atoms with E-state index in [-0.39, 0.29) is 16.8 Å². The lowest BCUT2D eigenvalue weighted by atomic mass is 10.1. The number of aliphatic hydroxyl groups excluding tert-OH is 1. The Hall–Kier alpha value is -1.54. The summed E-state index contributed by atoms with van der Waals surface area (Å²) >= 11 is 5.93. The summed E-state index contributed by atoms with van der Waals surface area (Å²) in [5.74, 6) is 0. The van der Waals surface area contributed by atoms with Gasteiger partial charge < -0.3 is 5.11 Å². The van der Waals surface area contributed by atoms with E-state index in [9.17, 15) is 13.5 Å². The SMILES string of the molecule is Cc1nc(Cl)nc(Cc2cccc(S(=O)(=O)NC(C)(C)CO)c2)c1C. The number of aliphatic hydroxyl groups is 1. The van der Waals surface area contributed by atoms with Gasteiger partial charge in [0.25, 0.3) is 0 Å². The van der Waals surface area contributed by atoms with E-state index in [0.717, 1.165) is 22.5 Å². The largest absolute Gasteiger partial charge is 0.394 e. The summed E-state index contributed by atoms with van der Waals surface area (Å²) < 4.78 is 27.5. The number of hydrogen-bond acceptors (Lipinski definition) is 5. The number of aryl methyl sites for hydroxylation is 1. The highest BCUT2D eigenvalue weighted by Crippen LogP contribution is 2.19. The normalized spacial score (nSPS) is 12.4. The smallest absolute Gasteiger partial charge is 0.241 e. The van der Waals surface area contributed by atoms with Crippen LogP contribution in [0.25, 0.3) is 0 Å². The number of hydrogen-bond donors (Lipinski definition) is 2. The number of sulfonamides is 1. The van der Waals surface area contributed by atoms with Crippen LogP contribution in [0.5, 0.6) is 0 Å². The highest BCUT2D eigenvalue weighted by atomic mass is 35.5. The first-order chi connectivity index (χ1) is 11.5. The molecular weight excluding hydrogens is 362 g/mol. The Morgan fingerprint density at radius 3 is 2.56 bits per heavy atom. The molecule has 25 heavy (non-hydrogen) atoms. The molecule has 1 aromatic heterocycles. The molecule has 0 unspecified atom stereocenters. The second-order valence-electron chi connectivity index (χ2n) is 6.62. The number of halogens is 1. The number of nitrogens with one attached hydrogen (secondary N) is 1. The second kappa shape index (κ2) is 7.37. The Bertz CT molecular complexity index is 883. The predicted octanol–water partition coefficient (Wildman–Crippen LogP) is 2.39. The number of aromatic nitrogens is 2. The first kappa shape index (κ1) is 19.8. The standard InChI is InChI=1S/C17H22ClN3O3S/c1-11-12(2)19-16(18)20-15(11)9-13-6-5-7-14(8-13)25(23,24)21-17(3,4)10-22/h5-8,21-22H,9-10H2,1-4H3. The van der Waals surface area contributed by atoms with Gasteiger partial charge in [-0.05, 0) is 62.6 Å². The van der Waals surface area contributed by atoms with Gasteiger partial charge in [-0.2, -0.15) is 0 Å². The minimum absolute atomic E-state index is 0.140. The maximum Gasteiger partial charge on any atom is 0.241 e. The molecule has 6 nitrogen and oxygen atoms in total. The van der Waals surface area contributed by atoms with Crippen LogP contribution >= 0.6 is 11.6 Å². The Balaban J connectivity index is 2.34. The molecule has 0 radical (unpaired) electrons.